The molecule has 10 heteroatoms. The summed E-state index contributed by atoms with van der Waals surface area (Å²) in [6, 6.07) is 7.77. The monoisotopic (exact) mass is 438 g/mol. The fourth-order valence-electron chi connectivity index (χ4n) is 4.43. The smallest absolute Gasteiger partial charge is 0.288 e. The van der Waals surface area contributed by atoms with Crippen LogP contribution in [0.25, 0.3) is 4.96 Å². The van der Waals surface area contributed by atoms with Gasteiger partial charge in [0.2, 0.25) is 10.9 Å². The zero-order valence-electron chi connectivity index (χ0n) is 17.3. The number of piperidine rings is 1. The molecule has 1 N–H and O–H groups in total. The van der Waals surface area contributed by atoms with Crippen molar-refractivity contribution in [3.05, 3.63) is 51.4 Å². The maximum Gasteiger partial charge on any atom is 0.288 e. The number of para-hydroxylation sites is 2. The summed E-state index contributed by atoms with van der Waals surface area (Å²) in [4.78, 5) is 46.3. The number of likely N-dealkylation sites (tertiary alicyclic amines) is 1. The predicted molar refractivity (Wildman–Crippen MR) is 118 cm³/mol. The second-order valence-electron chi connectivity index (χ2n) is 8.11. The molecule has 0 atom stereocenters. The normalized spacial score (nSPS) is 17.5. The van der Waals surface area contributed by atoms with Crippen LogP contribution in [0.3, 0.4) is 0 Å². The average Bonchev–Trinajstić information content (AvgIpc) is 3.15. The van der Waals surface area contributed by atoms with Gasteiger partial charge in [0.15, 0.2) is 0 Å². The third kappa shape index (κ3) is 3.27. The summed E-state index contributed by atoms with van der Waals surface area (Å²) in [5, 5.41) is 8.49. The molecule has 1 spiro atoms. The highest BCUT2D eigenvalue weighted by Gasteiger charge is 2.42. The van der Waals surface area contributed by atoms with E-state index in [0.29, 0.717) is 42.4 Å². The van der Waals surface area contributed by atoms with Gasteiger partial charge in [-0.15, -0.1) is 0 Å². The van der Waals surface area contributed by atoms with E-state index in [4.69, 9.17) is 0 Å². The van der Waals surface area contributed by atoms with Crippen LogP contribution in [0, 0.1) is 6.92 Å². The molecule has 0 radical (unpaired) electrons. The van der Waals surface area contributed by atoms with E-state index in [9.17, 15) is 14.4 Å². The minimum atomic E-state index is -0.438. The van der Waals surface area contributed by atoms with Crippen LogP contribution < -0.4 is 15.8 Å². The molecule has 0 aliphatic carbocycles. The van der Waals surface area contributed by atoms with Gasteiger partial charge < -0.3 is 15.1 Å². The molecule has 1 saturated heterocycles. The molecule has 2 aliphatic rings. The number of aromatic nitrogens is 3. The molecule has 1 aromatic carbocycles. The molecular weight excluding hydrogens is 416 g/mol. The molecule has 4 heterocycles. The Labute approximate surface area is 182 Å². The second kappa shape index (κ2) is 7.16. The number of rotatable bonds is 1. The van der Waals surface area contributed by atoms with Crippen LogP contribution >= 0.6 is 11.3 Å². The highest BCUT2D eigenvalue weighted by Crippen LogP contribution is 2.39. The van der Waals surface area contributed by atoms with E-state index in [0.717, 1.165) is 11.4 Å². The van der Waals surface area contributed by atoms with Crippen molar-refractivity contribution < 1.29 is 9.59 Å². The molecule has 3 aromatic rings. The summed E-state index contributed by atoms with van der Waals surface area (Å²) in [5.41, 5.74) is 1.10. The number of aryl methyl sites for hydroxylation is 1. The lowest BCUT2D eigenvalue weighted by Gasteiger charge is -2.48. The van der Waals surface area contributed by atoms with E-state index in [2.05, 4.69) is 15.4 Å². The summed E-state index contributed by atoms with van der Waals surface area (Å²) in [6.45, 7) is 4.89. The quantitative estimate of drug-likeness (QED) is 0.623. The van der Waals surface area contributed by atoms with Gasteiger partial charge in [0.25, 0.3) is 11.5 Å². The van der Waals surface area contributed by atoms with Gasteiger partial charge in [-0.3, -0.25) is 14.4 Å². The largest absolute Gasteiger partial charge is 0.376 e. The van der Waals surface area contributed by atoms with Crippen molar-refractivity contribution in [3.63, 3.8) is 0 Å². The number of anilines is 2. The van der Waals surface area contributed by atoms with Gasteiger partial charge in [-0.25, -0.2) is 4.98 Å². The Morgan fingerprint density at radius 3 is 2.68 bits per heavy atom. The van der Waals surface area contributed by atoms with Gasteiger partial charge in [-0.05, 0) is 31.9 Å². The molecule has 0 bridgehead atoms. The standard InChI is InChI=1S/C21H22N6O3S/c1-13-24-27-19(30)15(11-22-20(27)31-13)18(29)25-9-7-21(8-10-25)12-26(14(2)28)17-6-4-3-5-16(17)23-21/h3-6,11,23H,7-10,12H2,1-2H3. The number of hydrogen-bond acceptors (Lipinski definition) is 7. The number of nitrogens with one attached hydrogen (secondary N) is 1. The molecule has 5 rings (SSSR count). The van der Waals surface area contributed by atoms with Crippen LogP contribution in [0.2, 0.25) is 0 Å². The molecular formula is C21H22N6O3S. The molecule has 1 fully saturated rings. The number of carbonyl (C=O) groups is 2. The first-order chi connectivity index (χ1) is 14.9. The molecule has 2 aliphatic heterocycles. The number of benzene rings is 1. The fraction of sp³-hybridized carbons (Fsp3) is 0.381. The van der Waals surface area contributed by atoms with Crippen molar-refractivity contribution in [2.45, 2.75) is 32.2 Å². The van der Waals surface area contributed by atoms with Crippen molar-refractivity contribution >= 4 is 39.5 Å². The minimum absolute atomic E-state index is 0.00205. The Balaban J connectivity index is 1.37. The molecule has 2 amide bonds. The van der Waals surface area contributed by atoms with E-state index in [1.54, 1.807) is 23.6 Å². The lowest BCUT2D eigenvalue weighted by atomic mass is 9.84. The number of carbonyl (C=O) groups excluding carboxylic acids is 2. The Morgan fingerprint density at radius 1 is 1.19 bits per heavy atom. The number of hydrogen-bond donors (Lipinski definition) is 1. The summed E-state index contributed by atoms with van der Waals surface area (Å²) in [5.74, 6) is -0.329. The minimum Gasteiger partial charge on any atom is -0.376 e. The highest BCUT2D eigenvalue weighted by atomic mass is 32.1. The molecule has 31 heavy (non-hydrogen) atoms. The van der Waals surface area contributed by atoms with Crippen LogP contribution in [0.15, 0.2) is 35.3 Å². The fourth-order valence-corrected chi connectivity index (χ4v) is 5.13. The topological polar surface area (TPSA) is 99.9 Å². The van der Waals surface area contributed by atoms with Crippen LogP contribution in [-0.4, -0.2) is 56.5 Å². The number of fused-ring (bicyclic) bond motifs is 2. The summed E-state index contributed by atoms with van der Waals surface area (Å²) < 4.78 is 1.20. The average molecular weight is 439 g/mol. The Bertz CT molecular complexity index is 1260. The van der Waals surface area contributed by atoms with Crippen LogP contribution in [0.5, 0.6) is 0 Å². The van der Waals surface area contributed by atoms with Gasteiger partial charge in [0, 0.05) is 32.8 Å². The number of amides is 2. The van der Waals surface area contributed by atoms with E-state index in [-0.39, 0.29) is 22.9 Å². The van der Waals surface area contributed by atoms with Crippen molar-refractivity contribution in [3.8, 4) is 0 Å². The van der Waals surface area contributed by atoms with Crippen LogP contribution in [-0.2, 0) is 4.79 Å². The van der Waals surface area contributed by atoms with Crippen molar-refractivity contribution in [1.82, 2.24) is 19.5 Å². The maximum absolute atomic E-state index is 13.1. The first kappa shape index (κ1) is 19.7. The van der Waals surface area contributed by atoms with Gasteiger partial charge in [-0.1, -0.05) is 23.5 Å². The number of nitrogens with zero attached hydrogens (tertiary/aromatic N) is 5. The Kier molecular flexibility index (Phi) is 4.54. The summed E-state index contributed by atoms with van der Waals surface area (Å²) in [7, 11) is 0. The third-order valence-electron chi connectivity index (χ3n) is 6.06. The Hall–Kier alpha value is -3.27. The van der Waals surface area contributed by atoms with E-state index in [1.807, 2.05) is 24.3 Å². The Morgan fingerprint density at radius 2 is 1.94 bits per heavy atom. The first-order valence-electron chi connectivity index (χ1n) is 10.2. The molecule has 2 aromatic heterocycles. The van der Waals surface area contributed by atoms with E-state index < -0.39 is 5.56 Å². The molecule has 0 saturated carbocycles. The summed E-state index contributed by atoms with van der Waals surface area (Å²) in [6.07, 6.45) is 2.70. The first-order valence-corrected chi connectivity index (χ1v) is 11.0. The summed E-state index contributed by atoms with van der Waals surface area (Å²) >= 11 is 1.31. The SMILES string of the molecule is CC(=O)N1CC2(CCN(C(=O)c3cnc4sc(C)nn4c3=O)CC2)Nc2ccccc21. The van der Waals surface area contributed by atoms with Crippen LogP contribution in [0.4, 0.5) is 11.4 Å². The highest BCUT2D eigenvalue weighted by molar-refractivity contribution is 7.16. The van der Waals surface area contributed by atoms with Crippen molar-refractivity contribution in [2.75, 3.05) is 29.9 Å². The molecule has 0 unspecified atom stereocenters. The van der Waals surface area contributed by atoms with E-state index in [1.165, 1.54) is 22.0 Å². The van der Waals surface area contributed by atoms with Gasteiger partial charge in [0.1, 0.15) is 10.6 Å². The van der Waals surface area contributed by atoms with Gasteiger partial charge in [0.05, 0.1) is 16.9 Å². The zero-order valence-corrected chi connectivity index (χ0v) is 18.1. The van der Waals surface area contributed by atoms with Gasteiger partial charge in [-0.2, -0.15) is 9.61 Å². The second-order valence-corrected chi connectivity index (χ2v) is 9.27. The lowest BCUT2D eigenvalue weighted by molar-refractivity contribution is -0.116. The van der Waals surface area contributed by atoms with Crippen molar-refractivity contribution in [2.24, 2.45) is 0 Å². The van der Waals surface area contributed by atoms with Gasteiger partial charge >= 0.3 is 0 Å². The molecule has 9 nitrogen and oxygen atoms in total. The van der Waals surface area contributed by atoms with Crippen LogP contribution in [0.1, 0.15) is 35.1 Å². The van der Waals surface area contributed by atoms with Crippen molar-refractivity contribution in [1.29, 1.82) is 0 Å². The maximum atomic E-state index is 13.1. The molecule has 160 valence electrons. The predicted octanol–water partition coefficient (Wildman–Crippen LogP) is 1.91. The van der Waals surface area contributed by atoms with E-state index >= 15 is 0 Å². The zero-order chi connectivity index (χ0) is 21.8. The third-order valence-corrected chi connectivity index (χ3v) is 6.90. The lowest BCUT2D eigenvalue weighted by Crippen LogP contribution is -2.59.